The fraction of sp³-hybridized carbons (Fsp3) is 0.188. The van der Waals surface area contributed by atoms with E-state index in [9.17, 15) is 9.18 Å². The van der Waals surface area contributed by atoms with Crippen molar-refractivity contribution in [1.82, 2.24) is 5.32 Å². The number of carbonyl (C=O) groups is 1. The summed E-state index contributed by atoms with van der Waals surface area (Å²) in [7, 11) is 0. The molecule has 0 radical (unpaired) electrons. The molecule has 4 heteroatoms. The van der Waals surface area contributed by atoms with E-state index in [0.717, 1.165) is 6.42 Å². The number of amides is 1. The molecule has 0 spiro atoms. The maximum atomic E-state index is 13.1. The van der Waals surface area contributed by atoms with Crippen LogP contribution in [0.5, 0.6) is 0 Å². The zero-order chi connectivity index (χ0) is 14.1. The Morgan fingerprint density at radius 3 is 2.85 bits per heavy atom. The number of hydrogen-bond donors (Lipinski definition) is 1. The van der Waals surface area contributed by atoms with Crippen LogP contribution in [0, 0.1) is 5.82 Å². The van der Waals surface area contributed by atoms with E-state index in [0.29, 0.717) is 22.5 Å². The van der Waals surface area contributed by atoms with E-state index in [1.807, 2.05) is 12.1 Å². The fourth-order valence-electron chi connectivity index (χ4n) is 2.50. The van der Waals surface area contributed by atoms with Crippen molar-refractivity contribution in [2.24, 2.45) is 0 Å². The van der Waals surface area contributed by atoms with Crippen LogP contribution in [-0.2, 0) is 6.42 Å². The molecule has 1 atom stereocenters. The van der Waals surface area contributed by atoms with Gasteiger partial charge in [0.2, 0.25) is 0 Å². The zero-order valence-corrected chi connectivity index (χ0v) is 12.3. The summed E-state index contributed by atoms with van der Waals surface area (Å²) in [6.45, 7) is 0.616. The van der Waals surface area contributed by atoms with Crippen LogP contribution in [-0.4, -0.2) is 12.5 Å². The van der Waals surface area contributed by atoms with Crippen LogP contribution in [0.3, 0.4) is 0 Å². The molecule has 1 aliphatic rings. The number of carbonyl (C=O) groups excluding carboxylic acids is 1. The lowest BCUT2D eigenvalue weighted by Gasteiger charge is -2.30. The first-order chi connectivity index (χ1) is 9.65. The molecule has 2 aromatic rings. The molecule has 0 aromatic heterocycles. The quantitative estimate of drug-likeness (QED) is 0.912. The second kappa shape index (κ2) is 5.37. The summed E-state index contributed by atoms with van der Waals surface area (Å²) in [5.41, 5.74) is 3.13. The van der Waals surface area contributed by atoms with Crippen molar-refractivity contribution >= 4 is 21.8 Å². The molecule has 102 valence electrons. The van der Waals surface area contributed by atoms with Crippen LogP contribution in [0.4, 0.5) is 4.39 Å². The van der Waals surface area contributed by atoms with E-state index < -0.39 is 0 Å². The van der Waals surface area contributed by atoms with Gasteiger partial charge in [-0.3, -0.25) is 4.79 Å². The third-order valence-electron chi connectivity index (χ3n) is 3.65. The molecule has 0 heterocycles. The number of hydrogen-bond acceptors (Lipinski definition) is 1. The molecular weight excluding hydrogens is 321 g/mol. The van der Waals surface area contributed by atoms with Crippen molar-refractivity contribution < 1.29 is 9.18 Å². The van der Waals surface area contributed by atoms with Gasteiger partial charge in [0.05, 0.1) is 4.47 Å². The summed E-state index contributed by atoms with van der Waals surface area (Å²) in [6, 6.07) is 12.5. The third kappa shape index (κ3) is 2.48. The Kier molecular flexibility index (Phi) is 3.57. The van der Waals surface area contributed by atoms with Crippen LogP contribution in [0.2, 0.25) is 0 Å². The van der Waals surface area contributed by atoms with Crippen LogP contribution in [0.25, 0.3) is 0 Å². The van der Waals surface area contributed by atoms with Gasteiger partial charge in [0.25, 0.3) is 5.91 Å². The number of benzene rings is 2. The minimum Gasteiger partial charge on any atom is -0.351 e. The van der Waals surface area contributed by atoms with Crippen LogP contribution >= 0.6 is 15.9 Å². The van der Waals surface area contributed by atoms with Gasteiger partial charge in [0.1, 0.15) is 5.82 Å². The Morgan fingerprint density at radius 2 is 2.10 bits per heavy atom. The summed E-state index contributed by atoms with van der Waals surface area (Å²) in [5.74, 6) is -0.149. The predicted octanol–water partition coefficient (Wildman–Crippen LogP) is 3.66. The van der Waals surface area contributed by atoms with E-state index in [1.165, 1.54) is 29.3 Å². The molecule has 20 heavy (non-hydrogen) atoms. The van der Waals surface area contributed by atoms with E-state index in [2.05, 4.69) is 33.4 Å². The molecular formula is C16H13BrFNO. The molecule has 1 aliphatic carbocycles. The van der Waals surface area contributed by atoms with Crippen molar-refractivity contribution in [2.75, 3.05) is 6.54 Å². The lowest BCUT2D eigenvalue weighted by molar-refractivity contribution is 0.0950. The second-order valence-corrected chi connectivity index (χ2v) is 5.79. The topological polar surface area (TPSA) is 29.1 Å². The highest BCUT2D eigenvalue weighted by atomic mass is 79.9. The van der Waals surface area contributed by atoms with Crippen molar-refractivity contribution in [3.8, 4) is 0 Å². The van der Waals surface area contributed by atoms with Crippen LogP contribution in [0.15, 0.2) is 46.9 Å². The molecule has 0 aliphatic heterocycles. The number of halogens is 2. The lowest BCUT2D eigenvalue weighted by atomic mass is 9.77. The van der Waals surface area contributed by atoms with Gasteiger partial charge in [-0.2, -0.15) is 0 Å². The van der Waals surface area contributed by atoms with E-state index in [-0.39, 0.29) is 11.7 Å². The molecule has 2 nitrogen and oxygen atoms in total. The van der Waals surface area contributed by atoms with E-state index >= 15 is 0 Å². The summed E-state index contributed by atoms with van der Waals surface area (Å²) in [6.07, 6.45) is 1.00. The highest BCUT2D eigenvalue weighted by molar-refractivity contribution is 9.10. The van der Waals surface area contributed by atoms with Gasteiger partial charge >= 0.3 is 0 Å². The predicted molar refractivity (Wildman–Crippen MR) is 79.3 cm³/mol. The van der Waals surface area contributed by atoms with Gasteiger partial charge in [0, 0.05) is 18.0 Å². The first-order valence-electron chi connectivity index (χ1n) is 6.46. The van der Waals surface area contributed by atoms with Crippen LogP contribution < -0.4 is 5.32 Å². The summed E-state index contributed by atoms with van der Waals surface area (Å²) >= 11 is 3.09. The van der Waals surface area contributed by atoms with E-state index in [1.54, 1.807) is 0 Å². The molecule has 0 bridgehead atoms. The smallest absolute Gasteiger partial charge is 0.251 e. The molecule has 0 saturated carbocycles. The highest BCUT2D eigenvalue weighted by Crippen LogP contribution is 2.34. The first kappa shape index (κ1) is 13.3. The second-order valence-electron chi connectivity index (χ2n) is 4.94. The number of fused-ring (bicyclic) bond motifs is 1. The van der Waals surface area contributed by atoms with E-state index in [4.69, 9.17) is 0 Å². The molecule has 0 fully saturated rings. The summed E-state index contributed by atoms with van der Waals surface area (Å²) in [4.78, 5) is 12.0. The fourth-order valence-corrected chi connectivity index (χ4v) is 2.88. The standard InChI is InChI=1S/C16H13BrFNO/c17-14-8-11(5-6-15(14)18)16(20)19-9-12-7-10-3-1-2-4-13(10)12/h1-6,8,12H,7,9H2,(H,19,20). The van der Waals surface area contributed by atoms with Crippen molar-refractivity contribution in [2.45, 2.75) is 12.3 Å². The maximum Gasteiger partial charge on any atom is 0.251 e. The van der Waals surface area contributed by atoms with Gasteiger partial charge in [-0.15, -0.1) is 0 Å². The van der Waals surface area contributed by atoms with Gasteiger partial charge in [-0.1, -0.05) is 24.3 Å². The SMILES string of the molecule is O=C(NCC1Cc2ccccc21)c1ccc(F)c(Br)c1. The zero-order valence-electron chi connectivity index (χ0n) is 10.7. The van der Waals surface area contributed by atoms with Gasteiger partial charge in [-0.25, -0.2) is 4.39 Å². The molecule has 2 aromatic carbocycles. The van der Waals surface area contributed by atoms with Gasteiger partial charge < -0.3 is 5.32 Å². The molecule has 1 amide bonds. The highest BCUT2D eigenvalue weighted by Gasteiger charge is 2.25. The minimum atomic E-state index is -0.366. The first-order valence-corrected chi connectivity index (χ1v) is 7.25. The summed E-state index contributed by atoms with van der Waals surface area (Å²) in [5, 5.41) is 2.91. The Bertz CT molecular complexity index is 671. The minimum absolute atomic E-state index is 0.171. The van der Waals surface area contributed by atoms with Crippen molar-refractivity contribution in [3.63, 3.8) is 0 Å². The lowest BCUT2D eigenvalue weighted by Crippen LogP contribution is -2.33. The monoisotopic (exact) mass is 333 g/mol. The molecule has 1 unspecified atom stereocenters. The maximum absolute atomic E-state index is 13.1. The normalized spacial score (nSPS) is 16.2. The summed E-state index contributed by atoms with van der Waals surface area (Å²) < 4.78 is 13.4. The average Bonchev–Trinajstić information content (AvgIpc) is 2.42. The average molecular weight is 334 g/mol. The number of rotatable bonds is 3. The van der Waals surface area contributed by atoms with Gasteiger partial charge in [0.15, 0.2) is 0 Å². The van der Waals surface area contributed by atoms with Crippen molar-refractivity contribution in [3.05, 3.63) is 69.4 Å². The number of nitrogens with one attached hydrogen (secondary N) is 1. The molecule has 3 rings (SSSR count). The Morgan fingerprint density at radius 1 is 1.30 bits per heavy atom. The Balaban J connectivity index is 1.62. The Labute approximate surface area is 125 Å². The molecule has 0 saturated heterocycles. The van der Waals surface area contributed by atoms with Crippen LogP contribution in [0.1, 0.15) is 27.4 Å². The third-order valence-corrected chi connectivity index (χ3v) is 4.26. The Hall–Kier alpha value is -1.68. The molecule has 1 N–H and O–H groups in total. The largest absolute Gasteiger partial charge is 0.351 e. The van der Waals surface area contributed by atoms with Gasteiger partial charge in [-0.05, 0) is 51.7 Å². The van der Waals surface area contributed by atoms with Crippen molar-refractivity contribution in [1.29, 1.82) is 0 Å².